The van der Waals surface area contributed by atoms with Crippen LogP contribution in [0.15, 0.2) is 85.2 Å². The van der Waals surface area contributed by atoms with Crippen LogP contribution in [0.5, 0.6) is 0 Å². The summed E-state index contributed by atoms with van der Waals surface area (Å²) in [7, 11) is 0. The molecule has 34 heavy (non-hydrogen) atoms. The van der Waals surface area contributed by atoms with E-state index in [9.17, 15) is 0 Å². The highest BCUT2D eigenvalue weighted by Gasteiger charge is 2.30. The lowest BCUT2D eigenvalue weighted by Gasteiger charge is -2.14. The van der Waals surface area contributed by atoms with Gasteiger partial charge in [0.05, 0.1) is 0 Å². The van der Waals surface area contributed by atoms with Gasteiger partial charge in [0.1, 0.15) is 0 Å². The third-order valence-corrected chi connectivity index (χ3v) is 6.54. The van der Waals surface area contributed by atoms with E-state index < -0.39 is 0 Å². The zero-order valence-corrected chi connectivity index (χ0v) is 22.2. The molecular formula is C32H46N2. The molecule has 0 amide bonds. The molecular weight excluding hydrogens is 412 g/mol. The van der Waals surface area contributed by atoms with Gasteiger partial charge in [-0.2, -0.15) is 0 Å². The molecule has 2 nitrogen and oxygen atoms in total. The minimum atomic E-state index is 0.467. The number of allylic oxidation sites excluding steroid dienone is 2. The SMILES string of the molecule is C=C1CC(C(=C)NC/C=C(\CC)c2cccc(CC)c2)CN1.CC1(C)CC1.Cc1ccccc1. The number of hydrogen-bond acceptors (Lipinski definition) is 2. The van der Waals surface area contributed by atoms with Crippen molar-refractivity contribution >= 4 is 5.57 Å². The van der Waals surface area contributed by atoms with Crippen molar-refractivity contribution in [2.45, 2.75) is 66.7 Å². The van der Waals surface area contributed by atoms with E-state index in [1.54, 1.807) is 0 Å². The van der Waals surface area contributed by atoms with Crippen LogP contribution in [0.1, 0.15) is 70.1 Å². The van der Waals surface area contributed by atoms with Gasteiger partial charge >= 0.3 is 0 Å². The summed E-state index contributed by atoms with van der Waals surface area (Å²) in [5.41, 5.74) is 8.43. The Morgan fingerprint density at radius 2 is 1.76 bits per heavy atom. The van der Waals surface area contributed by atoms with E-state index in [1.807, 2.05) is 18.2 Å². The second kappa shape index (κ2) is 13.8. The summed E-state index contributed by atoms with van der Waals surface area (Å²) in [5, 5.41) is 6.74. The summed E-state index contributed by atoms with van der Waals surface area (Å²) in [6.07, 6.45) is 8.31. The first-order valence-electron chi connectivity index (χ1n) is 12.9. The first-order valence-corrected chi connectivity index (χ1v) is 12.9. The predicted octanol–water partition coefficient (Wildman–Crippen LogP) is 8.07. The minimum Gasteiger partial charge on any atom is -0.388 e. The summed E-state index contributed by atoms with van der Waals surface area (Å²) in [6.45, 7) is 21.0. The molecule has 1 unspecified atom stereocenters. The molecule has 2 fully saturated rings. The van der Waals surface area contributed by atoms with Crippen LogP contribution in [0.4, 0.5) is 0 Å². The molecule has 2 aromatic rings. The topological polar surface area (TPSA) is 24.1 Å². The zero-order chi connectivity index (χ0) is 25.0. The molecule has 1 atom stereocenters. The molecule has 2 heteroatoms. The highest BCUT2D eigenvalue weighted by molar-refractivity contribution is 5.66. The fraction of sp³-hybridized carbons (Fsp3) is 0.438. The number of nitrogens with one attached hydrogen (secondary N) is 2. The van der Waals surface area contributed by atoms with E-state index in [2.05, 4.69) is 101 Å². The molecule has 1 heterocycles. The molecule has 1 aliphatic heterocycles. The number of rotatable bonds is 7. The molecule has 1 saturated carbocycles. The van der Waals surface area contributed by atoms with Gasteiger partial charge in [0.2, 0.25) is 0 Å². The van der Waals surface area contributed by atoms with Gasteiger partial charge in [-0.1, -0.05) is 107 Å². The Bertz CT molecular complexity index is 930. The molecule has 0 spiro atoms. The average molecular weight is 459 g/mol. The van der Waals surface area contributed by atoms with Crippen LogP contribution in [0.3, 0.4) is 0 Å². The van der Waals surface area contributed by atoms with Crippen molar-refractivity contribution < 1.29 is 0 Å². The zero-order valence-electron chi connectivity index (χ0n) is 22.2. The highest BCUT2D eigenvalue weighted by Crippen LogP contribution is 2.43. The van der Waals surface area contributed by atoms with E-state index in [-0.39, 0.29) is 0 Å². The largest absolute Gasteiger partial charge is 0.388 e. The maximum Gasteiger partial charge on any atom is 0.0333 e. The summed E-state index contributed by atoms with van der Waals surface area (Å²) in [4.78, 5) is 0. The maximum absolute atomic E-state index is 4.17. The van der Waals surface area contributed by atoms with E-state index in [0.29, 0.717) is 5.92 Å². The molecule has 1 aliphatic carbocycles. The van der Waals surface area contributed by atoms with Gasteiger partial charge in [0.15, 0.2) is 0 Å². The van der Waals surface area contributed by atoms with Crippen molar-refractivity contribution in [1.29, 1.82) is 0 Å². The Hall–Kier alpha value is -2.74. The minimum absolute atomic E-state index is 0.467. The fourth-order valence-electron chi connectivity index (χ4n) is 3.65. The van der Waals surface area contributed by atoms with Crippen LogP contribution in [-0.2, 0) is 6.42 Å². The standard InChI is InChI=1S/C20H28N2.C7H8.C5H10/c1-5-17-8-7-9-19(13-17)18(6-2)10-11-21-16(4)20-12-15(3)22-14-20;1-7-5-3-2-4-6-7;1-5(2)3-4-5/h7-10,13,20-22H,3-6,11-12,14H2,1-2H3;2-6H,1H3;3-4H2,1-2H3/b18-10+;;. The molecule has 0 aromatic heterocycles. The van der Waals surface area contributed by atoms with Crippen molar-refractivity contribution in [3.63, 3.8) is 0 Å². The monoisotopic (exact) mass is 458 g/mol. The van der Waals surface area contributed by atoms with E-state index in [0.717, 1.165) is 49.2 Å². The number of aryl methyl sites for hydroxylation is 2. The average Bonchev–Trinajstić information content (AvgIpc) is 3.35. The van der Waals surface area contributed by atoms with E-state index in [1.165, 1.54) is 35.1 Å². The van der Waals surface area contributed by atoms with Crippen LogP contribution in [0, 0.1) is 18.3 Å². The van der Waals surface area contributed by atoms with Gasteiger partial charge in [0, 0.05) is 30.4 Å². The maximum atomic E-state index is 4.17. The molecule has 1 saturated heterocycles. The lowest BCUT2D eigenvalue weighted by atomic mass is 10.00. The smallest absolute Gasteiger partial charge is 0.0333 e. The van der Waals surface area contributed by atoms with Gasteiger partial charge in [-0.25, -0.2) is 0 Å². The summed E-state index contributed by atoms with van der Waals surface area (Å²) in [6, 6.07) is 19.1. The predicted molar refractivity (Wildman–Crippen MR) is 151 cm³/mol. The third kappa shape index (κ3) is 10.5. The molecule has 2 aromatic carbocycles. The van der Waals surface area contributed by atoms with Gasteiger partial charge in [-0.3, -0.25) is 0 Å². The molecule has 0 bridgehead atoms. The van der Waals surface area contributed by atoms with Gasteiger partial charge in [-0.15, -0.1) is 0 Å². The Morgan fingerprint density at radius 3 is 2.24 bits per heavy atom. The van der Waals surface area contributed by atoms with Crippen molar-refractivity contribution in [2.75, 3.05) is 13.1 Å². The molecule has 4 rings (SSSR count). The molecule has 0 radical (unpaired) electrons. The van der Waals surface area contributed by atoms with Crippen molar-refractivity contribution in [1.82, 2.24) is 10.6 Å². The van der Waals surface area contributed by atoms with Crippen LogP contribution < -0.4 is 10.6 Å². The fourth-order valence-corrected chi connectivity index (χ4v) is 3.65. The van der Waals surface area contributed by atoms with Crippen LogP contribution >= 0.6 is 0 Å². The van der Waals surface area contributed by atoms with E-state index in [4.69, 9.17) is 0 Å². The highest BCUT2D eigenvalue weighted by atomic mass is 15.0. The van der Waals surface area contributed by atoms with Crippen LogP contribution in [0.25, 0.3) is 5.57 Å². The first kappa shape index (κ1) is 27.5. The summed E-state index contributed by atoms with van der Waals surface area (Å²) < 4.78 is 0. The van der Waals surface area contributed by atoms with Gasteiger partial charge in [0.25, 0.3) is 0 Å². The molecule has 184 valence electrons. The number of hydrogen-bond donors (Lipinski definition) is 2. The van der Waals surface area contributed by atoms with Gasteiger partial charge in [-0.05, 0) is 61.1 Å². The van der Waals surface area contributed by atoms with Gasteiger partial charge < -0.3 is 10.6 Å². The van der Waals surface area contributed by atoms with E-state index >= 15 is 0 Å². The summed E-state index contributed by atoms with van der Waals surface area (Å²) >= 11 is 0. The summed E-state index contributed by atoms with van der Waals surface area (Å²) in [5.74, 6) is 0.467. The molecule has 2 aliphatic rings. The van der Waals surface area contributed by atoms with Crippen LogP contribution in [0.2, 0.25) is 0 Å². The third-order valence-electron chi connectivity index (χ3n) is 6.54. The Balaban J connectivity index is 0.000000274. The normalized spacial score (nSPS) is 18.0. The Labute approximate surface area is 209 Å². The second-order valence-corrected chi connectivity index (χ2v) is 10.2. The van der Waals surface area contributed by atoms with Crippen molar-refractivity contribution in [2.24, 2.45) is 11.3 Å². The Morgan fingerprint density at radius 1 is 1.09 bits per heavy atom. The van der Waals surface area contributed by atoms with Crippen LogP contribution in [-0.4, -0.2) is 13.1 Å². The Kier molecular flexibility index (Phi) is 11.2. The molecule has 2 N–H and O–H groups in total. The quantitative estimate of drug-likeness (QED) is 0.438. The second-order valence-electron chi connectivity index (χ2n) is 10.2. The lowest BCUT2D eigenvalue weighted by molar-refractivity contribution is 0.627. The first-order chi connectivity index (χ1) is 16.2. The number of benzene rings is 2. The van der Waals surface area contributed by atoms with Crippen molar-refractivity contribution in [3.05, 3.63) is 102 Å². The lowest BCUT2D eigenvalue weighted by Crippen LogP contribution is -2.21. The van der Waals surface area contributed by atoms with Crippen molar-refractivity contribution in [3.8, 4) is 0 Å².